The van der Waals surface area contributed by atoms with Crippen molar-refractivity contribution < 1.29 is 9.66 Å². The predicted molar refractivity (Wildman–Crippen MR) is 65.5 cm³/mol. The zero-order chi connectivity index (χ0) is 12.4. The molecule has 0 saturated carbocycles. The number of ether oxygens (including phenoxy) is 1. The zero-order valence-electron chi connectivity index (χ0n) is 9.35. The molecule has 5 nitrogen and oxygen atoms in total. The van der Waals surface area contributed by atoms with E-state index < -0.39 is 4.92 Å². The Labute approximate surface area is 104 Å². The second-order valence-electron chi connectivity index (χ2n) is 4.04. The van der Waals surface area contributed by atoms with E-state index in [2.05, 4.69) is 5.32 Å². The number of nitro benzene ring substituents is 1. The zero-order valence-corrected chi connectivity index (χ0v) is 10.1. The number of nitrogens with zero attached hydrogens (tertiary/aromatic N) is 1. The number of rotatable bonds is 3. The molecule has 0 amide bonds. The van der Waals surface area contributed by atoms with E-state index >= 15 is 0 Å². The van der Waals surface area contributed by atoms with E-state index in [4.69, 9.17) is 16.3 Å². The third-order valence-electron chi connectivity index (χ3n) is 2.87. The molecule has 17 heavy (non-hydrogen) atoms. The van der Waals surface area contributed by atoms with Crippen molar-refractivity contribution in [1.82, 2.24) is 0 Å². The molecule has 1 aliphatic heterocycles. The summed E-state index contributed by atoms with van der Waals surface area (Å²) >= 11 is 5.74. The van der Waals surface area contributed by atoms with Crippen LogP contribution in [0.15, 0.2) is 18.2 Å². The number of hydrogen-bond acceptors (Lipinski definition) is 4. The minimum Gasteiger partial charge on any atom is -0.379 e. The molecule has 1 aromatic rings. The normalized spacial score (nSPS) is 23.6. The standard InChI is InChI=1S/C11H13ClN2O3/c1-7-10(4-5-17-7)13-8-2-3-9(12)11(6-8)14(15)16/h2-3,6-7,10,13H,4-5H2,1H3. The highest BCUT2D eigenvalue weighted by Gasteiger charge is 2.24. The van der Waals surface area contributed by atoms with Crippen LogP contribution in [0.1, 0.15) is 13.3 Å². The van der Waals surface area contributed by atoms with Crippen molar-refractivity contribution in [3.8, 4) is 0 Å². The Balaban J connectivity index is 2.16. The van der Waals surface area contributed by atoms with Crippen LogP contribution in [0.2, 0.25) is 5.02 Å². The Bertz CT molecular complexity index is 439. The molecule has 1 heterocycles. The van der Waals surface area contributed by atoms with Crippen LogP contribution < -0.4 is 5.32 Å². The summed E-state index contributed by atoms with van der Waals surface area (Å²) in [7, 11) is 0. The van der Waals surface area contributed by atoms with E-state index in [-0.39, 0.29) is 22.9 Å². The van der Waals surface area contributed by atoms with Gasteiger partial charge >= 0.3 is 0 Å². The smallest absolute Gasteiger partial charge is 0.289 e. The van der Waals surface area contributed by atoms with Crippen LogP contribution in [0.5, 0.6) is 0 Å². The van der Waals surface area contributed by atoms with Gasteiger partial charge in [0.05, 0.1) is 17.1 Å². The number of hydrogen-bond donors (Lipinski definition) is 1. The molecule has 1 aromatic carbocycles. The number of anilines is 1. The van der Waals surface area contributed by atoms with Crippen molar-refractivity contribution in [3.63, 3.8) is 0 Å². The Kier molecular flexibility index (Phi) is 3.49. The molecule has 0 radical (unpaired) electrons. The number of nitrogens with one attached hydrogen (secondary N) is 1. The van der Waals surface area contributed by atoms with Gasteiger partial charge in [-0.15, -0.1) is 0 Å². The summed E-state index contributed by atoms with van der Waals surface area (Å²) in [6.07, 6.45) is 1.02. The first kappa shape index (κ1) is 12.1. The summed E-state index contributed by atoms with van der Waals surface area (Å²) in [5.74, 6) is 0. The first-order valence-corrected chi connectivity index (χ1v) is 5.78. The van der Waals surface area contributed by atoms with Crippen LogP contribution in [-0.2, 0) is 4.74 Å². The molecule has 0 spiro atoms. The van der Waals surface area contributed by atoms with Crippen molar-refractivity contribution in [2.75, 3.05) is 11.9 Å². The average molecular weight is 257 g/mol. The lowest BCUT2D eigenvalue weighted by Crippen LogP contribution is -2.26. The van der Waals surface area contributed by atoms with Crippen molar-refractivity contribution in [2.45, 2.75) is 25.5 Å². The van der Waals surface area contributed by atoms with Crippen LogP contribution in [0.25, 0.3) is 0 Å². The van der Waals surface area contributed by atoms with Crippen LogP contribution in [0, 0.1) is 10.1 Å². The van der Waals surface area contributed by atoms with Gasteiger partial charge in [-0.1, -0.05) is 11.6 Å². The summed E-state index contributed by atoms with van der Waals surface area (Å²) in [6, 6.07) is 4.91. The quantitative estimate of drug-likeness (QED) is 0.667. The van der Waals surface area contributed by atoms with Gasteiger partial charge in [0.25, 0.3) is 5.69 Å². The van der Waals surface area contributed by atoms with Gasteiger partial charge in [-0.05, 0) is 25.5 Å². The predicted octanol–water partition coefficient (Wildman–Crippen LogP) is 2.84. The van der Waals surface area contributed by atoms with E-state index in [1.165, 1.54) is 12.1 Å². The fourth-order valence-corrected chi connectivity index (χ4v) is 2.06. The molecule has 0 aliphatic carbocycles. The topological polar surface area (TPSA) is 64.4 Å². The highest BCUT2D eigenvalue weighted by atomic mass is 35.5. The molecular weight excluding hydrogens is 244 g/mol. The van der Waals surface area contributed by atoms with Crippen LogP contribution >= 0.6 is 11.6 Å². The molecule has 0 bridgehead atoms. The lowest BCUT2D eigenvalue weighted by Gasteiger charge is -2.17. The molecule has 2 atom stereocenters. The van der Waals surface area contributed by atoms with Gasteiger partial charge in [0.15, 0.2) is 0 Å². The molecule has 1 fully saturated rings. The van der Waals surface area contributed by atoms with E-state index in [9.17, 15) is 10.1 Å². The van der Waals surface area contributed by atoms with Gasteiger partial charge in [0.1, 0.15) is 5.02 Å². The van der Waals surface area contributed by atoms with Gasteiger partial charge < -0.3 is 10.1 Å². The Morgan fingerprint density at radius 1 is 1.59 bits per heavy atom. The molecule has 1 saturated heterocycles. The van der Waals surface area contributed by atoms with Crippen LogP contribution in [0.3, 0.4) is 0 Å². The van der Waals surface area contributed by atoms with Gasteiger partial charge in [-0.25, -0.2) is 0 Å². The SMILES string of the molecule is CC1OCCC1Nc1ccc(Cl)c([N+](=O)[O-])c1. The van der Waals surface area contributed by atoms with Crippen molar-refractivity contribution in [1.29, 1.82) is 0 Å². The Hall–Kier alpha value is -1.33. The Morgan fingerprint density at radius 3 is 2.94 bits per heavy atom. The van der Waals surface area contributed by atoms with E-state index in [1.807, 2.05) is 6.92 Å². The summed E-state index contributed by atoms with van der Waals surface area (Å²) in [4.78, 5) is 10.3. The second kappa shape index (κ2) is 4.89. The lowest BCUT2D eigenvalue weighted by atomic mass is 10.1. The van der Waals surface area contributed by atoms with Gasteiger partial charge in [0.2, 0.25) is 0 Å². The highest BCUT2D eigenvalue weighted by molar-refractivity contribution is 6.32. The van der Waals surface area contributed by atoms with Crippen molar-refractivity contribution in [2.24, 2.45) is 0 Å². The summed E-state index contributed by atoms with van der Waals surface area (Å²) < 4.78 is 5.42. The molecule has 6 heteroatoms. The maximum atomic E-state index is 10.7. The monoisotopic (exact) mass is 256 g/mol. The summed E-state index contributed by atoms with van der Waals surface area (Å²) in [5, 5.41) is 14.1. The second-order valence-corrected chi connectivity index (χ2v) is 4.45. The van der Waals surface area contributed by atoms with Crippen molar-refractivity contribution >= 4 is 23.0 Å². The number of benzene rings is 1. The maximum absolute atomic E-state index is 10.7. The minimum absolute atomic E-state index is 0.0803. The molecule has 0 aromatic heterocycles. The summed E-state index contributed by atoms with van der Waals surface area (Å²) in [6.45, 7) is 2.70. The molecule has 1 N–H and O–H groups in total. The molecule has 92 valence electrons. The molecule has 2 unspecified atom stereocenters. The molecular formula is C11H13ClN2O3. The van der Waals surface area contributed by atoms with E-state index in [0.29, 0.717) is 12.3 Å². The third kappa shape index (κ3) is 2.68. The average Bonchev–Trinajstić information content (AvgIpc) is 2.67. The van der Waals surface area contributed by atoms with E-state index in [1.54, 1.807) is 6.07 Å². The lowest BCUT2D eigenvalue weighted by molar-refractivity contribution is -0.384. The van der Waals surface area contributed by atoms with Crippen molar-refractivity contribution in [3.05, 3.63) is 33.3 Å². The minimum atomic E-state index is -0.484. The maximum Gasteiger partial charge on any atom is 0.289 e. The highest BCUT2D eigenvalue weighted by Crippen LogP contribution is 2.28. The van der Waals surface area contributed by atoms with Crippen LogP contribution in [0.4, 0.5) is 11.4 Å². The molecule has 1 aliphatic rings. The summed E-state index contributed by atoms with van der Waals surface area (Å²) in [5.41, 5.74) is 0.617. The van der Waals surface area contributed by atoms with Gasteiger partial charge in [0, 0.05) is 18.4 Å². The first-order chi connectivity index (χ1) is 8.08. The fourth-order valence-electron chi connectivity index (χ4n) is 1.88. The van der Waals surface area contributed by atoms with Gasteiger partial charge in [-0.3, -0.25) is 10.1 Å². The van der Waals surface area contributed by atoms with Gasteiger partial charge in [-0.2, -0.15) is 0 Å². The van der Waals surface area contributed by atoms with Crippen LogP contribution in [-0.4, -0.2) is 23.7 Å². The first-order valence-electron chi connectivity index (χ1n) is 5.40. The number of halogens is 1. The largest absolute Gasteiger partial charge is 0.379 e. The third-order valence-corrected chi connectivity index (χ3v) is 3.19. The molecule has 2 rings (SSSR count). The fraction of sp³-hybridized carbons (Fsp3) is 0.455. The Morgan fingerprint density at radius 2 is 2.35 bits per heavy atom. The van der Waals surface area contributed by atoms with E-state index in [0.717, 1.165) is 6.42 Å². The number of nitro groups is 1.